The zero-order valence-electron chi connectivity index (χ0n) is 22.4. The third kappa shape index (κ3) is 2.58. The summed E-state index contributed by atoms with van der Waals surface area (Å²) in [6, 6.07) is 44.1. The highest BCUT2D eigenvalue weighted by molar-refractivity contribution is 6.24. The van der Waals surface area contributed by atoms with Crippen LogP contribution in [0.3, 0.4) is 0 Å². The van der Waals surface area contributed by atoms with Gasteiger partial charge in [0.05, 0.1) is 22.1 Å². The molecular weight excluding hydrogens is 514 g/mol. The van der Waals surface area contributed by atoms with Gasteiger partial charge < -0.3 is 0 Å². The van der Waals surface area contributed by atoms with Crippen molar-refractivity contribution in [3.8, 4) is 27.9 Å². The smallest absolute Gasteiger partial charge is 0.267 e. The summed E-state index contributed by atoms with van der Waals surface area (Å²) in [5, 5.41) is 7.24. The summed E-state index contributed by atoms with van der Waals surface area (Å²) in [4.78, 5) is 19.5. The number of hydrogen-bond donors (Lipinski definition) is 0. The number of benzene rings is 6. The van der Waals surface area contributed by atoms with Crippen LogP contribution in [0.1, 0.15) is 0 Å². The maximum absolute atomic E-state index is 14.4. The fourth-order valence-corrected chi connectivity index (χ4v) is 7.34. The molecule has 4 heteroatoms. The summed E-state index contributed by atoms with van der Waals surface area (Å²) in [5.41, 5.74) is 9.29. The van der Waals surface area contributed by atoms with E-state index >= 15 is 0 Å². The van der Waals surface area contributed by atoms with Gasteiger partial charge in [0.1, 0.15) is 11.3 Å². The Morgan fingerprint density at radius 3 is 1.93 bits per heavy atom. The minimum absolute atomic E-state index is 0.0613. The molecule has 0 aliphatic heterocycles. The third-order valence-corrected chi connectivity index (χ3v) is 9.04. The highest BCUT2D eigenvalue weighted by Gasteiger charge is 2.26. The minimum atomic E-state index is -0.0613. The van der Waals surface area contributed by atoms with Gasteiger partial charge in [0.25, 0.3) is 5.56 Å². The molecule has 3 heterocycles. The molecule has 0 fully saturated rings. The van der Waals surface area contributed by atoms with E-state index in [0.29, 0.717) is 16.6 Å². The van der Waals surface area contributed by atoms with E-state index in [1.807, 2.05) is 34.7 Å². The zero-order valence-corrected chi connectivity index (χ0v) is 22.4. The van der Waals surface area contributed by atoms with E-state index in [-0.39, 0.29) is 5.56 Å². The highest BCUT2D eigenvalue weighted by Crippen LogP contribution is 2.49. The maximum atomic E-state index is 14.4. The molecule has 0 atom stereocenters. The van der Waals surface area contributed by atoms with Gasteiger partial charge in [-0.2, -0.15) is 0 Å². The molecule has 0 N–H and O–H groups in total. The van der Waals surface area contributed by atoms with Crippen LogP contribution in [-0.4, -0.2) is 14.0 Å². The van der Waals surface area contributed by atoms with Crippen molar-refractivity contribution >= 4 is 60.0 Å². The normalized spacial score (nSPS) is 12.4. The molecule has 0 amide bonds. The maximum Gasteiger partial charge on any atom is 0.267 e. The Morgan fingerprint density at radius 2 is 1.10 bits per heavy atom. The molecule has 194 valence electrons. The van der Waals surface area contributed by atoms with Crippen LogP contribution in [0.5, 0.6) is 0 Å². The lowest BCUT2D eigenvalue weighted by atomic mass is 10.0. The topological polar surface area (TPSA) is 39.3 Å². The Labute approximate surface area is 239 Å². The van der Waals surface area contributed by atoms with Crippen molar-refractivity contribution in [2.75, 3.05) is 0 Å². The van der Waals surface area contributed by atoms with Crippen molar-refractivity contribution in [1.82, 2.24) is 14.0 Å². The second kappa shape index (κ2) is 7.71. The van der Waals surface area contributed by atoms with Crippen molar-refractivity contribution < 1.29 is 0 Å². The minimum Gasteiger partial charge on any atom is -0.294 e. The van der Waals surface area contributed by atoms with Crippen molar-refractivity contribution in [1.29, 1.82) is 0 Å². The molecule has 6 aromatic carbocycles. The van der Waals surface area contributed by atoms with E-state index in [1.165, 1.54) is 27.6 Å². The molecule has 4 nitrogen and oxygen atoms in total. The largest absolute Gasteiger partial charge is 0.294 e. The number of pyridine rings is 1. The van der Waals surface area contributed by atoms with Gasteiger partial charge in [-0.3, -0.25) is 9.36 Å². The van der Waals surface area contributed by atoms with E-state index in [1.54, 1.807) is 0 Å². The fourth-order valence-electron chi connectivity index (χ4n) is 7.34. The second-order valence-electron chi connectivity index (χ2n) is 11.1. The number of para-hydroxylation sites is 2. The van der Waals surface area contributed by atoms with Crippen LogP contribution in [0, 0.1) is 0 Å². The van der Waals surface area contributed by atoms with E-state index < -0.39 is 0 Å². The molecule has 10 rings (SSSR count). The summed E-state index contributed by atoms with van der Waals surface area (Å²) >= 11 is 0. The molecule has 0 saturated carbocycles. The lowest BCUT2D eigenvalue weighted by Crippen LogP contribution is -2.18. The van der Waals surface area contributed by atoms with Crippen LogP contribution >= 0.6 is 0 Å². The van der Waals surface area contributed by atoms with Gasteiger partial charge in [0.15, 0.2) is 0 Å². The van der Waals surface area contributed by atoms with E-state index in [9.17, 15) is 4.79 Å². The first-order valence-corrected chi connectivity index (χ1v) is 14.2. The second-order valence-corrected chi connectivity index (χ2v) is 11.1. The Kier molecular flexibility index (Phi) is 4.04. The number of nitrogens with zero attached hydrogens (tertiary/aromatic N) is 3. The Morgan fingerprint density at radius 1 is 0.476 bits per heavy atom. The zero-order chi connectivity index (χ0) is 27.5. The molecule has 0 unspecified atom stereocenters. The molecule has 1 aliphatic carbocycles. The van der Waals surface area contributed by atoms with Crippen LogP contribution in [0.25, 0.3) is 88.0 Å². The molecule has 0 saturated heterocycles. The Balaban J connectivity index is 1.49. The van der Waals surface area contributed by atoms with Gasteiger partial charge in [-0.25, -0.2) is 9.38 Å². The van der Waals surface area contributed by atoms with E-state index in [2.05, 4.69) is 102 Å². The van der Waals surface area contributed by atoms with Crippen molar-refractivity contribution in [2.45, 2.75) is 0 Å². The van der Waals surface area contributed by atoms with Gasteiger partial charge in [-0.05, 0) is 57.3 Å². The van der Waals surface area contributed by atoms with Gasteiger partial charge in [-0.1, -0.05) is 103 Å². The Bertz CT molecular complexity index is 2680. The molecule has 42 heavy (non-hydrogen) atoms. The lowest BCUT2D eigenvalue weighted by Gasteiger charge is -2.16. The quantitative estimate of drug-likeness (QED) is 0.156. The van der Waals surface area contributed by atoms with Crippen molar-refractivity contribution in [3.63, 3.8) is 0 Å². The summed E-state index contributed by atoms with van der Waals surface area (Å²) in [5.74, 6) is 0. The van der Waals surface area contributed by atoms with Crippen LogP contribution in [0.4, 0.5) is 0 Å². The summed E-state index contributed by atoms with van der Waals surface area (Å²) in [7, 11) is 0. The number of fused-ring (bicyclic) bond motifs is 12. The average Bonchev–Trinajstić information content (AvgIpc) is 3.56. The van der Waals surface area contributed by atoms with Crippen LogP contribution in [0.2, 0.25) is 0 Å². The molecule has 0 spiro atoms. The van der Waals surface area contributed by atoms with E-state index in [4.69, 9.17) is 4.98 Å². The highest BCUT2D eigenvalue weighted by atomic mass is 16.1. The van der Waals surface area contributed by atoms with Gasteiger partial charge in [0, 0.05) is 21.5 Å². The molecule has 1 aliphatic rings. The first kappa shape index (κ1) is 22.0. The number of rotatable bonds is 1. The predicted molar refractivity (Wildman–Crippen MR) is 173 cm³/mol. The summed E-state index contributed by atoms with van der Waals surface area (Å²) in [6.07, 6.45) is 0. The third-order valence-electron chi connectivity index (χ3n) is 9.04. The first-order valence-electron chi connectivity index (χ1n) is 14.2. The number of aromatic nitrogens is 3. The molecule has 3 aromatic heterocycles. The summed E-state index contributed by atoms with van der Waals surface area (Å²) < 4.78 is 4.13. The standard InChI is InChI=1S/C38H21N3O/c42-38-28-14-5-7-18-31(28)39-36-27-13-4-3-12-25(27)35-30-15-6-8-19-32(30)40(37(35)41(36)38)33-21-20-26-23-11-2-1-10-22(23)24-16-9-17-29(33)34(24)26/h1-21H. The van der Waals surface area contributed by atoms with Gasteiger partial charge >= 0.3 is 0 Å². The molecule has 0 radical (unpaired) electrons. The molecule has 0 bridgehead atoms. The number of hydrogen-bond acceptors (Lipinski definition) is 2. The van der Waals surface area contributed by atoms with Gasteiger partial charge in [-0.15, -0.1) is 0 Å². The fraction of sp³-hybridized carbons (Fsp3) is 0. The predicted octanol–water partition coefficient (Wildman–Crippen LogP) is 8.90. The average molecular weight is 536 g/mol. The van der Waals surface area contributed by atoms with Crippen LogP contribution < -0.4 is 5.56 Å². The first-order chi connectivity index (χ1) is 20.8. The molecule has 9 aromatic rings. The van der Waals surface area contributed by atoms with Gasteiger partial charge in [0.2, 0.25) is 0 Å². The van der Waals surface area contributed by atoms with Crippen molar-refractivity contribution in [3.05, 3.63) is 138 Å². The Hall–Kier alpha value is -5.74. The SMILES string of the molecule is O=c1c2ccccc2nc2c3ccccc3c3c4ccccc4n(-c4ccc5c6c(cccc46)-c4ccccc4-5)c3n12. The monoisotopic (exact) mass is 535 g/mol. The summed E-state index contributed by atoms with van der Waals surface area (Å²) in [6.45, 7) is 0. The van der Waals surface area contributed by atoms with Crippen molar-refractivity contribution in [2.24, 2.45) is 0 Å². The van der Waals surface area contributed by atoms with Crippen LogP contribution in [-0.2, 0) is 0 Å². The lowest BCUT2D eigenvalue weighted by molar-refractivity contribution is 1.06. The van der Waals surface area contributed by atoms with Crippen LogP contribution in [0.15, 0.2) is 132 Å². The molecular formula is C38H21N3O. The van der Waals surface area contributed by atoms with E-state index in [0.717, 1.165) is 43.8 Å².